The van der Waals surface area contributed by atoms with E-state index in [1.165, 1.54) is 37.7 Å². The van der Waals surface area contributed by atoms with E-state index in [4.69, 9.17) is 22.2 Å². The molecule has 3 heterocycles. The number of rotatable bonds is 7. The molecule has 0 saturated carbocycles. The third-order valence-corrected chi connectivity index (χ3v) is 7.02. The molecule has 0 unspecified atom stereocenters. The summed E-state index contributed by atoms with van der Waals surface area (Å²) in [6.07, 6.45) is 8.28. The molecule has 0 radical (unpaired) electrons. The van der Waals surface area contributed by atoms with Crippen molar-refractivity contribution in [2.45, 2.75) is 64.8 Å². The minimum Gasteiger partial charge on any atom is -0.362 e. The van der Waals surface area contributed by atoms with Crippen molar-refractivity contribution in [3.05, 3.63) is 42.0 Å². The van der Waals surface area contributed by atoms with Crippen LogP contribution in [-0.2, 0) is 6.42 Å². The molecule has 1 aromatic heterocycles. The highest BCUT2D eigenvalue weighted by Crippen LogP contribution is 2.29. The predicted octanol–water partition coefficient (Wildman–Crippen LogP) is 5.01. The van der Waals surface area contributed by atoms with Crippen molar-refractivity contribution in [3.8, 4) is 0 Å². The number of piperidine rings is 2. The van der Waals surface area contributed by atoms with Gasteiger partial charge < -0.3 is 20.4 Å². The van der Waals surface area contributed by atoms with E-state index in [0.717, 1.165) is 50.7 Å². The summed E-state index contributed by atoms with van der Waals surface area (Å²) >= 11 is 5.58. The molecule has 1 aromatic carbocycles. The van der Waals surface area contributed by atoms with Gasteiger partial charge in [-0.1, -0.05) is 37.3 Å². The Morgan fingerprint density at radius 2 is 1.85 bits per heavy atom. The Kier molecular flexibility index (Phi) is 8.37. The summed E-state index contributed by atoms with van der Waals surface area (Å²) in [6.45, 7) is 8.60. The molecule has 0 amide bonds. The topological polar surface area (TPSA) is 56.3 Å². The zero-order valence-electron chi connectivity index (χ0n) is 20.1. The number of thiocarbonyl (C=S) groups is 1. The van der Waals surface area contributed by atoms with E-state index >= 15 is 0 Å². The minimum atomic E-state index is 0.498. The van der Waals surface area contributed by atoms with E-state index in [0.29, 0.717) is 23.0 Å². The summed E-state index contributed by atoms with van der Waals surface area (Å²) in [7, 11) is 0. The van der Waals surface area contributed by atoms with Crippen LogP contribution in [0, 0.1) is 5.92 Å². The molecule has 2 aliphatic rings. The molecule has 0 spiro atoms. The van der Waals surface area contributed by atoms with Crippen LogP contribution in [-0.4, -0.2) is 47.3 Å². The quantitative estimate of drug-likeness (QED) is 0.439. The number of benzene rings is 1. The maximum absolute atomic E-state index is 5.58. The Labute approximate surface area is 204 Å². The van der Waals surface area contributed by atoms with Gasteiger partial charge in [0.25, 0.3) is 0 Å². The summed E-state index contributed by atoms with van der Waals surface area (Å²) in [6, 6.07) is 13.2. The standard InChI is InChI=1S/C26H38N6S/c1-20-10-9-16-31(19-20)23-18-24(32-17-7-6-11-21(32)2)29-25(28-23)30-26(33)27-15-8-14-22-12-4-3-5-13-22/h3-5,12-13,18,20-21H,6-11,14-17,19H2,1-2H3,(H2,27,28,29,30,33)/t20-,21-/m0/s1. The van der Waals surface area contributed by atoms with Crippen LogP contribution in [0.4, 0.5) is 17.6 Å². The molecule has 2 atom stereocenters. The van der Waals surface area contributed by atoms with Crippen LogP contribution in [0.3, 0.4) is 0 Å². The minimum absolute atomic E-state index is 0.498. The number of hydrogen-bond acceptors (Lipinski definition) is 5. The smallest absolute Gasteiger partial charge is 0.232 e. The average Bonchev–Trinajstić information content (AvgIpc) is 2.82. The molecule has 2 fully saturated rings. The van der Waals surface area contributed by atoms with Crippen molar-refractivity contribution in [2.24, 2.45) is 5.92 Å². The van der Waals surface area contributed by atoms with E-state index in [2.05, 4.69) is 70.7 Å². The Balaban J connectivity index is 1.42. The molecule has 2 saturated heterocycles. The monoisotopic (exact) mass is 466 g/mol. The zero-order valence-corrected chi connectivity index (χ0v) is 20.9. The van der Waals surface area contributed by atoms with Crippen molar-refractivity contribution >= 4 is 34.9 Å². The van der Waals surface area contributed by atoms with Crippen LogP contribution in [0.5, 0.6) is 0 Å². The summed E-state index contributed by atoms with van der Waals surface area (Å²) in [5.74, 6) is 3.31. The second kappa shape index (κ2) is 11.6. The van der Waals surface area contributed by atoms with Gasteiger partial charge in [0.15, 0.2) is 5.11 Å². The summed E-state index contributed by atoms with van der Waals surface area (Å²) < 4.78 is 0. The molecule has 33 heavy (non-hydrogen) atoms. The lowest BCUT2D eigenvalue weighted by Gasteiger charge is -2.36. The summed E-state index contributed by atoms with van der Waals surface area (Å²) in [5, 5.41) is 7.19. The molecule has 2 N–H and O–H groups in total. The second-order valence-corrected chi connectivity index (χ2v) is 10.0. The van der Waals surface area contributed by atoms with E-state index < -0.39 is 0 Å². The average molecular weight is 467 g/mol. The number of nitrogens with one attached hydrogen (secondary N) is 2. The molecule has 2 aromatic rings. The Bertz CT molecular complexity index is 905. The van der Waals surface area contributed by atoms with Gasteiger partial charge in [-0.2, -0.15) is 9.97 Å². The fraction of sp³-hybridized carbons (Fsp3) is 0.577. The Hall–Kier alpha value is -2.41. The molecule has 178 valence electrons. The highest BCUT2D eigenvalue weighted by Gasteiger charge is 2.24. The Morgan fingerprint density at radius 3 is 2.64 bits per heavy atom. The molecule has 2 aliphatic heterocycles. The van der Waals surface area contributed by atoms with Crippen LogP contribution in [0.1, 0.15) is 57.9 Å². The zero-order chi connectivity index (χ0) is 23.0. The number of hydrogen-bond donors (Lipinski definition) is 2. The SMILES string of the molecule is C[C@H]1CCCN(c2cc(N3CCCC[C@@H]3C)nc(NC(=S)NCCCc3ccccc3)n2)C1. The maximum Gasteiger partial charge on any atom is 0.232 e. The Morgan fingerprint density at radius 1 is 1.03 bits per heavy atom. The predicted molar refractivity (Wildman–Crippen MR) is 142 cm³/mol. The van der Waals surface area contributed by atoms with E-state index in [9.17, 15) is 0 Å². The highest BCUT2D eigenvalue weighted by atomic mass is 32.1. The molecular weight excluding hydrogens is 428 g/mol. The highest BCUT2D eigenvalue weighted by molar-refractivity contribution is 7.80. The van der Waals surface area contributed by atoms with Crippen LogP contribution in [0.25, 0.3) is 0 Å². The third kappa shape index (κ3) is 6.79. The fourth-order valence-corrected chi connectivity index (χ4v) is 5.10. The van der Waals surface area contributed by atoms with Crippen LogP contribution in [0.15, 0.2) is 36.4 Å². The van der Waals surface area contributed by atoms with Crippen LogP contribution < -0.4 is 20.4 Å². The maximum atomic E-state index is 5.58. The number of aromatic nitrogens is 2. The number of nitrogens with zero attached hydrogens (tertiary/aromatic N) is 4. The van der Waals surface area contributed by atoms with Gasteiger partial charge in [-0.05, 0) is 75.6 Å². The van der Waals surface area contributed by atoms with Crippen LogP contribution in [0.2, 0.25) is 0 Å². The molecule has 7 heteroatoms. The lowest BCUT2D eigenvalue weighted by atomic mass is 10.0. The summed E-state index contributed by atoms with van der Waals surface area (Å²) in [5.41, 5.74) is 1.35. The lowest BCUT2D eigenvalue weighted by molar-refractivity contribution is 0.444. The molecule has 0 bridgehead atoms. The molecular formula is C26H38N6S. The van der Waals surface area contributed by atoms with Gasteiger partial charge in [0.05, 0.1) is 0 Å². The first kappa shape index (κ1) is 23.7. The van der Waals surface area contributed by atoms with Gasteiger partial charge in [-0.25, -0.2) is 0 Å². The van der Waals surface area contributed by atoms with E-state index in [-0.39, 0.29) is 0 Å². The first-order valence-corrected chi connectivity index (χ1v) is 13.0. The van der Waals surface area contributed by atoms with Crippen molar-refractivity contribution in [3.63, 3.8) is 0 Å². The molecule has 0 aliphatic carbocycles. The first-order valence-electron chi connectivity index (χ1n) is 12.6. The summed E-state index contributed by atoms with van der Waals surface area (Å²) in [4.78, 5) is 14.6. The first-order chi connectivity index (χ1) is 16.1. The van der Waals surface area contributed by atoms with E-state index in [1.54, 1.807) is 0 Å². The third-order valence-electron chi connectivity index (χ3n) is 6.77. The molecule has 6 nitrogen and oxygen atoms in total. The normalized spacial score (nSPS) is 21.0. The van der Waals surface area contributed by atoms with Crippen molar-refractivity contribution in [1.82, 2.24) is 15.3 Å². The second-order valence-electron chi connectivity index (χ2n) is 9.61. The van der Waals surface area contributed by atoms with Crippen molar-refractivity contribution < 1.29 is 0 Å². The number of anilines is 3. The largest absolute Gasteiger partial charge is 0.362 e. The van der Waals surface area contributed by atoms with Gasteiger partial charge in [0.1, 0.15) is 11.6 Å². The van der Waals surface area contributed by atoms with E-state index in [1.807, 2.05) is 0 Å². The van der Waals surface area contributed by atoms with Gasteiger partial charge in [0, 0.05) is 38.3 Å². The van der Waals surface area contributed by atoms with Gasteiger partial charge in [-0.3, -0.25) is 0 Å². The number of aryl methyl sites for hydroxylation is 1. The van der Waals surface area contributed by atoms with Crippen molar-refractivity contribution in [1.29, 1.82) is 0 Å². The lowest BCUT2D eigenvalue weighted by Crippen LogP contribution is -2.39. The van der Waals surface area contributed by atoms with Gasteiger partial charge >= 0.3 is 0 Å². The van der Waals surface area contributed by atoms with Crippen molar-refractivity contribution in [2.75, 3.05) is 41.3 Å². The fourth-order valence-electron chi connectivity index (χ4n) is 4.91. The van der Waals surface area contributed by atoms with Crippen LogP contribution >= 0.6 is 12.2 Å². The molecule has 4 rings (SSSR count). The van der Waals surface area contributed by atoms with Gasteiger partial charge in [0.2, 0.25) is 5.95 Å². The van der Waals surface area contributed by atoms with Gasteiger partial charge in [-0.15, -0.1) is 0 Å².